The zero-order valence-electron chi connectivity index (χ0n) is 9.48. The van der Waals surface area contributed by atoms with Crippen molar-refractivity contribution in [3.8, 4) is 0 Å². The Labute approximate surface area is 96.6 Å². The fourth-order valence-corrected chi connectivity index (χ4v) is 2.37. The van der Waals surface area contributed by atoms with Gasteiger partial charge in [0.15, 0.2) is 0 Å². The standard InChI is InChI=1S/C10H18N2O3S/c1-3-10(13)12-6-4-5-9(8-12)7-11-16(2,14)15/h3,9,11H,1,4-8H2,2H3. The monoisotopic (exact) mass is 246 g/mol. The van der Waals surface area contributed by atoms with Gasteiger partial charge in [0.05, 0.1) is 6.26 Å². The molecule has 1 rings (SSSR count). The molecule has 1 atom stereocenters. The molecule has 1 fully saturated rings. The highest BCUT2D eigenvalue weighted by molar-refractivity contribution is 7.88. The van der Waals surface area contributed by atoms with Crippen LogP contribution >= 0.6 is 0 Å². The lowest BCUT2D eigenvalue weighted by molar-refractivity contribution is -0.127. The van der Waals surface area contributed by atoms with Crippen LogP contribution in [0.3, 0.4) is 0 Å². The smallest absolute Gasteiger partial charge is 0.245 e. The Bertz CT molecular complexity index is 364. The Hall–Kier alpha value is -0.880. The van der Waals surface area contributed by atoms with Crippen molar-refractivity contribution in [1.82, 2.24) is 9.62 Å². The van der Waals surface area contributed by atoms with Crippen LogP contribution in [-0.4, -0.2) is 45.1 Å². The molecular formula is C10H18N2O3S. The first kappa shape index (κ1) is 13.2. The summed E-state index contributed by atoms with van der Waals surface area (Å²) in [6, 6.07) is 0. The van der Waals surface area contributed by atoms with E-state index >= 15 is 0 Å². The van der Waals surface area contributed by atoms with Crippen molar-refractivity contribution in [3.63, 3.8) is 0 Å². The molecule has 0 saturated carbocycles. The molecule has 0 spiro atoms. The SMILES string of the molecule is C=CC(=O)N1CCCC(CNS(C)(=O)=O)C1. The van der Waals surface area contributed by atoms with Crippen molar-refractivity contribution >= 4 is 15.9 Å². The molecule has 1 aliphatic heterocycles. The summed E-state index contributed by atoms with van der Waals surface area (Å²) in [6.07, 6.45) is 4.30. The summed E-state index contributed by atoms with van der Waals surface area (Å²) in [7, 11) is -3.14. The number of hydrogen-bond acceptors (Lipinski definition) is 3. The lowest BCUT2D eigenvalue weighted by Gasteiger charge is -2.32. The van der Waals surface area contributed by atoms with E-state index in [0.717, 1.165) is 25.6 Å². The number of carbonyl (C=O) groups excluding carboxylic acids is 1. The third kappa shape index (κ3) is 4.32. The second-order valence-corrected chi connectivity index (χ2v) is 5.95. The molecular weight excluding hydrogens is 228 g/mol. The molecule has 16 heavy (non-hydrogen) atoms. The highest BCUT2D eigenvalue weighted by Crippen LogP contribution is 2.16. The van der Waals surface area contributed by atoms with E-state index in [-0.39, 0.29) is 11.8 Å². The first-order valence-corrected chi connectivity index (χ1v) is 7.17. The molecule has 1 heterocycles. The zero-order valence-corrected chi connectivity index (χ0v) is 10.3. The second-order valence-electron chi connectivity index (χ2n) is 4.12. The molecule has 92 valence electrons. The lowest BCUT2D eigenvalue weighted by atomic mass is 9.98. The number of carbonyl (C=O) groups is 1. The van der Waals surface area contributed by atoms with E-state index in [1.54, 1.807) is 4.90 Å². The number of sulfonamides is 1. The molecule has 0 aromatic heterocycles. The maximum atomic E-state index is 11.4. The topological polar surface area (TPSA) is 66.5 Å². The van der Waals surface area contributed by atoms with E-state index in [4.69, 9.17) is 0 Å². The van der Waals surface area contributed by atoms with Crippen LogP contribution in [-0.2, 0) is 14.8 Å². The quantitative estimate of drug-likeness (QED) is 0.708. The van der Waals surface area contributed by atoms with Crippen molar-refractivity contribution in [2.75, 3.05) is 25.9 Å². The molecule has 0 bridgehead atoms. The largest absolute Gasteiger partial charge is 0.339 e. The van der Waals surface area contributed by atoms with Gasteiger partial charge in [-0.3, -0.25) is 4.79 Å². The van der Waals surface area contributed by atoms with Gasteiger partial charge < -0.3 is 4.90 Å². The predicted molar refractivity (Wildman–Crippen MR) is 62.3 cm³/mol. The first-order valence-electron chi connectivity index (χ1n) is 5.28. The van der Waals surface area contributed by atoms with Crippen molar-refractivity contribution in [1.29, 1.82) is 0 Å². The van der Waals surface area contributed by atoms with Gasteiger partial charge in [0.1, 0.15) is 0 Å². The Morgan fingerprint density at radius 2 is 2.31 bits per heavy atom. The van der Waals surface area contributed by atoms with E-state index in [1.165, 1.54) is 6.08 Å². The van der Waals surface area contributed by atoms with Crippen molar-refractivity contribution in [2.45, 2.75) is 12.8 Å². The molecule has 0 radical (unpaired) electrons. The van der Waals surface area contributed by atoms with Crippen molar-refractivity contribution in [2.24, 2.45) is 5.92 Å². The maximum absolute atomic E-state index is 11.4. The summed E-state index contributed by atoms with van der Waals surface area (Å²) in [4.78, 5) is 13.1. The van der Waals surface area contributed by atoms with Crippen LogP contribution in [0.5, 0.6) is 0 Å². The van der Waals surface area contributed by atoms with Gasteiger partial charge in [-0.25, -0.2) is 13.1 Å². The second kappa shape index (κ2) is 5.45. The van der Waals surface area contributed by atoms with Gasteiger partial charge in [0.25, 0.3) is 0 Å². The van der Waals surface area contributed by atoms with Gasteiger partial charge in [-0.05, 0) is 24.8 Å². The summed E-state index contributed by atoms with van der Waals surface area (Å²) in [5.74, 6) is 0.122. The van der Waals surface area contributed by atoms with Gasteiger partial charge >= 0.3 is 0 Å². The molecule has 1 amide bonds. The molecule has 0 aromatic rings. The minimum absolute atomic E-state index is 0.0796. The summed E-state index contributed by atoms with van der Waals surface area (Å²) >= 11 is 0. The minimum Gasteiger partial charge on any atom is -0.339 e. The van der Waals surface area contributed by atoms with Crippen LogP contribution in [0.1, 0.15) is 12.8 Å². The van der Waals surface area contributed by atoms with Crippen LogP contribution in [0.15, 0.2) is 12.7 Å². The average molecular weight is 246 g/mol. The first-order chi connectivity index (χ1) is 7.42. The highest BCUT2D eigenvalue weighted by atomic mass is 32.2. The van der Waals surface area contributed by atoms with Crippen molar-refractivity contribution in [3.05, 3.63) is 12.7 Å². The molecule has 1 aliphatic rings. The number of rotatable bonds is 4. The maximum Gasteiger partial charge on any atom is 0.245 e. The third-order valence-electron chi connectivity index (χ3n) is 2.64. The number of piperidine rings is 1. The molecule has 0 aliphatic carbocycles. The molecule has 1 saturated heterocycles. The predicted octanol–water partition coefficient (Wildman–Crippen LogP) is -0.0398. The van der Waals surface area contributed by atoms with E-state index in [9.17, 15) is 13.2 Å². The van der Waals surface area contributed by atoms with Gasteiger partial charge in [0, 0.05) is 19.6 Å². The Kier molecular flexibility index (Phi) is 4.49. The van der Waals surface area contributed by atoms with Crippen LogP contribution in [0, 0.1) is 5.92 Å². The van der Waals surface area contributed by atoms with E-state index in [1.807, 2.05) is 0 Å². The number of nitrogens with zero attached hydrogens (tertiary/aromatic N) is 1. The third-order valence-corrected chi connectivity index (χ3v) is 3.33. The van der Waals surface area contributed by atoms with Crippen LogP contribution in [0.25, 0.3) is 0 Å². The van der Waals surface area contributed by atoms with Gasteiger partial charge in [-0.15, -0.1) is 0 Å². The summed E-state index contributed by atoms with van der Waals surface area (Å²) in [5, 5.41) is 0. The molecule has 1 N–H and O–H groups in total. The highest BCUT2D eigenvalue weighted by Gasteiger charge is 2.22. The Morgan fingerprint density at radius 1 is 1.62 bits per heavy atom. The van der Waals surface area contributed by atoms with E-state index in [0.29, 0.717) is 13.1 Å². The molecule has 6 heteroatoms. The van der Waals surface area contributed by atoms with Gasteiger partial charge in [-0.1, -0.05) is 6.58 Å². The minimum atomic E-state index is -3.14. The van der Waals surface area contributed by atoms with Crippen LogP contribution < -0.4 is 4.72 Å². The fraction of sp³-hybridized carbons (Fsp3) is 0.700. The number of amides is 1. The van der Waals surface area contributed by atoms with E-state index < -0.39 is 10.0 Å². The fourth-order valence-electron chi connectivity index (χ4n) is 1.83. The Balaban J connectivity index is 2.45. The average Bonchev–Trinajstić information content (AvgIpc) is 2.25. The normalized spacial score (nSPS) is 21.8. The van der Waals surface area contributed by atoms with Gasteiger partial charge in [0.2, 0.25) is 15.9 Å². The molecule has 1 unspecified atom stereocenters. The van der Waals surface area contributed by atoms with Crippen LogP contribution in [0.2, 0.25) is 0 Å². The summed E-state index contributed by atoms with van der Waals surface area (Å²) in [6.45, 7) is 5.19. The van der Waals surface area contributed by atoms with Crippen LogP contribution in [0.4, 0.5) is 0 Å². The molecule has 5 nitrogen and oxygen atoms in total. The van der Waals surface area contributed by atoms with E-state index in [2.05, 4.69) is 11.3 Å². The van der Waals surface area contributed by atoms with Gasteiger partial charge in [-0.2, -0.15) is 0 Å². The molecule has 0 aromatic carbocycles. The number of nitrogens with one attached hydrogen (secondary N) is 1. The Morgan fingerprint density at radius 3 is 2.88 bits per heavy atom. The van der Waals surface area contributed by atoms with Crippen molar-refractivity contribution < 1.29 is 13.2 Å². The number of hydrogen-bond donors (Lipinski definition) is 1. The summed E-state index contributed by atoms with van der Waals surface area (Å²) < 4.78 is 24.4. The lowest BCUT2D eigenvalue weighted by Crippen LogP contribution is -2.42. The zero-order chi connectivity index (χ0) is 12.2. The number of likely N-dealkylation sites (tertiary alicyclic amines) is 1. The summed E-state index contributed by atoms with van der Waals surface area (Å²) in [5.41, 5.74) is 0.